The van der Waals surface area contributed by atoms with Crippen LogP contribution in [0.2, 0.25) is 0 Å². The Kier molecular flexibility index (Phi) is 5.01. The predicted octanol–water partition coefficient (Wildman–Crippen LogP) is 4.54. The molecule has 0 radical (unpaired) electrons. The van der Waals surface area contributed by atoms with Crippen LogP contribution >= 0.6 is 12.6 Å². The second-order valence-electron chi connectivity index (χ2n) is 5.70. The molecule has 1 aliphatic carbocycles. The number of benzene rings is 1. The Morgan fingerprint density at radius 2 is 1.91 bits per heavy atom. The first-order valence-corrected chi connectivity index (χ1v) is 8.00. The third-order valence-corrected chi connectivity index (χ3v) is 4.43. The van der Waals surface area contributed by atoms with Gasteiger partial charge in [0.15, 0.2) is 17.3 Å². The zero-order valence-corrected chi connectivity index (χ0v) is 14.0. The number of carbonyl (C=O) groups is 3. The molecule has 0 unspecified atom stereocenters. The largest absolute Gasteiger partial charge is 0.294 e. The van der Waals surface area contributed by atoms with E-state index in [0.717, 1.165) is 19.3 Å². The Morgan fingerprint density at radius 3 is 2.50 bits per heavy atom. The van der Waals surface area contributed by atoms with E-state index in [1.54, 1.807) is 19.1 Å². The summed E-state index contributed by atoms with van der Waals surface area (Å²) in [5.74, 6) is -0.349. The molecule has 0 amide bonds. The molecule has 0 N–H and O–H groups in total. The lowest BCUT2D eigenvalue weighted by Gasteiger charge is -2.12. The van der Waals surface area contributed by atoms with E-state index >= 15 is 0 Å². The van der Waals surface area contributed by atoms with Crippen molar-refractivity contribution < 1.29 is 14.4 Å². The van der Waals surface area contributed by atoms with Gasteiger partial charge in [0.05, 0.1) is 0 Å². The summed E-state index contributed by atoms with van der Waals surface area (Å²) in [6.07, 6.45) is 4.95. The number of hydrogen-bond acceptors (Lipinski definition) is 4. The zero-order valence-electron chi connectivity index (χ0n) is 13.2. The fraction of sp³-hybridized carbons (Fsp3) is 0.389. The molecule has 0 atom stereocenters. The number of ketones is 3. The average Bonchev–Trinajstić information content (AvgIpc) is 2.73. The molecular weight excluding hydrogens is 296 g/mol. The molecule has 1 aliphatic rings. The van der Waals surface area contributed by atoms with E-state index in [4.69, 9.17) is 0 Å². The lowest BCUT2D eigenvalue weighted by atomic mass is 9.93. The minimum atomic E-state index is -0.178. The number of allylic oxidation sites excluding steroid dienone is 1. The first-order chi connectivity index (χ1) is 10.4. The summed E-state index contributed by atoms with van der Waals surface area (Å²) in [6.45, 7) is 5.23. The third-order valence-electron chi connectivity index (χ3n) is 3.96. The summed E-state index contributed by atoms with van der Waals surface area (Å²) in [7, 11) is 0. The Hall–Kier alpha value is -1.68. The molecular formula is C18H20O3S. The minimum absolute atomic E-state index is 0.0545. The van der Waals surface area contributed by atoms with Crippen LogP contribution < -0.4 is 0 Å². The van der Waals surface area contributed by atoms with Gasteiger partial charge in [-0.3, -0.25) is 14.4 Å². The first kappa shape index (κ1) is 16.7. The molecule has 4 heteroatoms. The van der Waals surface area contributed by atoms with Crippen molar-refractivity contribution in [2.75, 3.05) is 0 Å². The maximum atomic E-state index is 12.4. The van der Waals surface area contributed by atoms with Gasteiger partial charge in [-0.15, -0.1) is 12.6 Å². The molecule has 116 valence electrons. The highest BCUT2D eigenvalue weighted by atomic mass is 32.1. The number of fused-ring (bicyclic) bond motifs is 1. The van der Waals surface area contributed by atoms with Gasteiger partial charge in [0, 0.05) is 28.0 Å². The Labute approximate surface area is 136 Å². The average molecular weight is 316 g/mol. The summed E-state index contributed by atoms with van der Waals surface area (Å²) >= 11 is 4.41. The van der Waals surface area contributed by atoms with Crippen molar-refractivity contribution in [2.45, 2.75) is 51.3 Å². The zero-order chi connectivity index (χ0) is 16.4. The summed E-state index contributed by atoms with van der Waals surface area (Å²) in [5, 5.41) is 0. The maximum absolute atomic E-state index is 12.4. The molecule has 0 aliphatic heterocycles. The van der Waals surface area contributed by atoms with Crippen LogP contribution in [0, 0.1) is 0 Å². The SMILES string of the molecule is CCCCCC(=O)c1cc2c(c(C(C)=O)c1S)C=C(C)C2=O. The quantitative estimate of drug-likeness (QED) is 0.476. The molecule has 1 aromatic carbocycles. The molecule has 0 aromatic heterocycles. The molecule has 0 bridgehead atoms. The van der Waals surface area contributed by atoms with Crippen LogP contribution in [0.25, 0.3) is 6.08 Å². The van der Waals surface area contributed by atoms with Crippen molar-refractivity contribution in [2.24, 2.45) is 0 Å². The lowest BCUT2D eigenvalue weighted by Crippen LogP contribution is -2.10. The van der Waals surface area contributed by atoms with Crippen molar-refractivity contribution in [1.29, 1.82) is 0 Å². The molecule has 0 saturated heterocycles. The van der Waals surface area contributed by atoms with Crippen molar-refractivity contribution in [3.63, 3.8) is 0 Å². The Bertz CT molecular complexity index is 699. The number of carbonyl (C=O) groups excluding carboxylic acids is 3. The van der Waals surface area contributed by atoms with Crippen LogP contribution in [0.15, 0.2) is 16.5 Å². The first-order valence-electron chi connectivity index (χ1n) is 7.55. The monoisotopic (exact) mass is 316 g/mol. The summed E-state index contributed by atoms with van der Waals surface area (Å²) in [6, 6.07) is 1.60. The fourth-order valence-electron chi connectivity index (χ4n) is 2.76. The van der Waals surface area contributed by atoms with Gasteiger partial charge >= 0.3 is 0 Å². The van der Waals surface area contributed by atoms with E-state index in [2.05, 4.69) is 19.6 Å². The number of hydrogen-bond donors (Lipinski definition) is 1. The lowest BCUT2D eigenvalue weighted by molar-refractivity contribution is 0.0976. The van der Waals surface area contributed by atoms with Gasteiger partial charge in [-0.2, -0.15) is 0 Å². The van der Waals surface area contributed by atoms with E-state index in [1.807, 2.05) is 0 Å². The van der Waals surface area contributed by atoms with Gasteiger partial charge in [0.1, 0.15) is 0 Å². The normalized spacial score (nSPS) is 13.1. The van der Waals surface area contributed by atoms with E-state index in [9.17, 15) is 14.4 Å². The number of unbranched alkanes of at least 4 members (excludes halogenated alkanes) is 2. The highest BCUT2D eigenvalue weighted by molar-refractivity contribution is 7.80. The van der Waals surface area contributed by atoms with Crippen LogP contribution in [0.3, 0.4) is 0 Å². The maximum Gasteiger partial charge on any atom is 0.189 e. The predicted molar refractivity (Wildman–Crippen MR) is 90.2 cm³/mol. The van der Waals surface area contributed by atoms with Gasteiger partial charge < -0.3 is 0 Å². The minimum Gasteiger partial charge on any atom is -0.294 e. The van der Waals surface area contributed by atoms with E-state index in [1.165, 1.54) is 6.92 Å². The van der Waals surface area contributed by atoms with E-state index in [0.29, 0.717) is 39.1 Å². The molecule has 3 nitrogen and oxygen atoms in total. The van der Waals surface area contributed by atoms with Crippen LogP contribution in [0.4, 0.5) is 0 Å². The van der Waals surface area contributed by atoms with Gasteiger partial charge in [-0.05, 0) is 43.5 Å². The third kappa shape index (κ3) is 2.93. The van der Waals surface area contributed by atoms with Crippen LogP contribution in [-0.4, -0.2) is 17.3 Å². The van der Waals surface area contributed by atoms with Crippen LogP contribution in [0.1, 0.15) is 83.1 Å². The molecule has 0 fully saturated rings. The molecule has 0 heterocycles. The topological polar surface area (TPSA) is 51.2 Å². The number of Topliss-reactive ketones (excluding diaryl/α,β-unsaturated/α-hetero) is 3. The van der Waals surface area contributed by atoms with Crippen molar-refractivity contribution in [3.05, 3.63) is 33.9 Å². The summed E-state index contributed by atoms with van der Waals surface area (Å²) < 4.78 is 0. The standard InChI is InChI=1S/C18H20O3S/c1-4-5-6-7-15(20)14-9-13-12(8-10(2)17(13)21)16(11(3)19)18(14)22/h8-9,22H,4-7H2,1-3H3. The van der Waals surface area contributed by atoms with E-state index in [-0.39, 0.29) is 17.3 Å². The van der Waals surface area contributed by atoms with Gasteiger partial charge in [-0.25, -0.2) is 0 Å². The van der Waals surface area contributed by atoms with E-state index < -0.39 is 0 Å². The van der Waals surface area contributed by atoms with Gasteiger partial charge in [0.25, 0.3) is 0 Å². The van der Waals surface area contributed by atoms with Crippen molar-refractivity contribution in [3.8, 4) is 0 Å². The molecule has 0 spiro atoms. The van der Waals surface area contributed by atoms with Crippen LogP contribution in [-0.2, 0) is 0 Å². The Balaban J connectivity index is 2.51. The smallest absolute Gasteiger partial charge is 0.189 e. The molecule has 22 heavy (non-hydrogen) atoms. The summed E-state index contributed by atoms with van der Waals surface area (Å²) in [5.41, 5.74) is 2.40. The highest BCUT2D eigenvalue weighted by Gasteiger charge is 2.28. The fourth-order valence-corrected chi connectivity index (χ4v) is 3.23. The molecule has 1 aromatic rings. The van der Waals surface area contributed by atoms with Gasteiger partial charge in [0.2, 0.25) is 0 Å². The Morgan fingerprint density at radius 1 is 1.23 bits per heavy atom. The molecule has 2 rings (SSSR count). The van der Waals surface area contributed by atoms with Crippen LogP contribution in [0.5, 0.6) is 0 Å². The second kappa shape index (κ2) is 6.61. The summed E-state index contributed by atoms with van der Waals surface area (Å²) in [4.78, 5) is 37.0. The number of thiol groups is 1. The second-order valence-corrected chi connectivity index (χ2v) is 6.15. The molecule has 0 saturated carbocycles. The highest BCUT2D eigenvalue weighted by Crippen LogP contribution is 2.35. The van der Waals surface area contributed by atoms with Gasteiger partial charge in [-0.1, -0.05) is 19.8 Å². The van der Waals surface area contributed by atoms with Crippen molar-refractivity contribution in [1.82, 2.24) is 0 Å². The number of rotatable bonds is 6. The van der Waals surface area contributed by atoms with Crippen molar-refractivity contribution >= 4 is 36.1 Å².